The molecule has 0 radical (unpaired) electrons. The van der Waals surface area contributed by atoms with Crippen molar-refractivity contribution in [1.82, 2.24) is 9.80 Å². The maximum absolute atomic E-state index is 13.1. The highest BCUT2D eigenvalue weighted by Gasteiger charge is 2.39. The summed E-state index contributed by atoms with van der Waals surface area (Å²) in [6.07, 6.45) is -16.2. The highest BCUT2D eigenvalue weighted by molar-refractivity contribution is 9.10. The zero-order valence-corrected chi connectivity index (χ0v) is 36.5. The topological polar surface area (TPSA) is 85.4 Å². The summed E-state index contributed by atoms with van der Waals surface area (Å²) in [7, 11) is 2.92. The van der Waals surface area contributed by atoms with Crippen LogP contribution in [0.1, 0.15) is 93.0 Å². The van der Waals surface area contributed by atoms with E-state index >= 15 is 0 Å². The Bertz CT molecular complexity index is 2390. The van der Waals surface area contributed by atoms with Crippen LogP contribution in [-0.2, 0) is 69.8 Å². The summed E-state index contributed by atoms with van der Waals surface area (Å²) in [5, 5.41) is 0. The van der Waals surface area contributed by atoms with E-state index in [4.69, 9.17) is 14.2 Å². The molecule has 2 amide bonds. The molecule has 4 aromatic carbocycles. The molecule has 8 nitrogen and oxygen atoms in total. The summed E-state index contributed by atoms with van der Waals surface area (Å²) >= 11 is 3.37. The van der Waals surface area contributed by atoms with Crippen LogP contribution in [0.15, 0.2) is 83.3 Å². The fraction of sp³-hybridized carbons (Fsp3) is 0.356. The summed E-state index contributed by atoms with van der Waals surface area (Å²) in [6.45, 7) is 0.440. The van der Waals surface area contributed by atoms with Gasteiger partial charge in [0.05, 0.1) is 40.9 Å². The Morgan fingerprint density at radius 1 is 0.591 bits per heavy atom. The first-order valence-corrected chi connectivity index (χ1v) is 20.6. The zero-order chi connectivity index (χ0) is 48.9. The van der Waals surface area contributed by atoms with Crippen molar-refractivity contribution in [2.24, 2.45) is 0 Å². The van der Waals surface area contributed by atoms with Crippen molar-refractivity contribution in [2.75, 3.05) is 20.7 Å². The number of fused-ring (bicyclic) bond motifs is 2. The molecule has 0 saturated carbocycles. The first kappa shape index (κ1) is 51.3. The highest BCUT2D eigenvalue weighted by Crippen LogP contribution is 2.40. The van der Waals surface area contributed by atoms with Crippen molar-refractivity contribution in [1.29, 1.82) is 0 Å². The van der Waals surface area contributed by atoms with Gasteiger partial charge in [0.2, 0.25) is 0 Å². The molecule has 356 valence electrons. The molecule has 0 spiro atoms. The normalized spacial score (nSPS) is 15.9. The minimum atomic E-state index is -5.00. The molecule has 0 fully saturated rings. The van der Waals surface area contributed by atoms with Crippen molar-refractivity contribution < 1.29 is 81.3 Å². The van der Waals surface area contributed by atoms with Crippen LogP contribution >= 0.6 is 15.9 Å². The average molecular weight is 1010 g/mol. The molecule has 66 heavy (non-hydrogen) atoms. The number of alkyl halides is 12. The molecular formula is C45H39BrF12N2O6. The van der Waals surface area contributed by atoms with Gasteiger partial charge < -0.3 is 24.0 Å². The Kier molecular flexibility index (Phi) is 15.9. The van der Waals surface area contributed by atoms with Crippen LogP contribution in [-0.4, -0.2) is 48.7 Å². The largest absolute Gasteiger partial charge is 0.463 e. The minimum absolute atomic E-state index is 0.0148. The fourth-order valence-electron chi connectivity index (χ4n) is 7.37. The van der Waals surface area contributed by atoms with E-state index in [0.29, 0.717) is 49.1 Å². The van der Waals surface area contributed by atoms with Gasteiger partial charge in [0, 0.05) is 24.6 Å². The number of esters is 1. The van der Waals surface area contributed by atoms with Gasteiger partial charge in [-0.1, -0.05) is 34.1 Å². The summed E-state index contributed by atoms with van der Waals surface area (Å²) in [5.74, 6) is -0.501. The Morgan fingerprint density at radius 2 is 0.985 bits per heavy atom. The van der Waals surface area contributed by atoms with Gasteiger partial charge in [0.15, 0.2) is 0 Å². The second-order valence-electron chi connectivity index (χ2n) is 15.2. The van der Waals surface area contributed by atoms with Crippen molar-refractivity contribution >= 4 is 40.2 Å². The van der Waals surface area contributed by atoms with Gasteiger partial charge in [0.25, 0.3) is 0 Å². The van der Waals surface area contributed by atoms with Gasteiger partial charge in [-0.15, -0.1) is 0 Å². The van der Waals surface area contributed by atoms with Gasteiger partial charge >= 0.3 is 42.9 Å². The zero-order valence-electron chi connectivity index (χ0n) is 34.9. The van der Waals surface area contributed by atoms with Crippen LogP contribution < -0.4 is 0 Å². The van der Waals surface area contributed by atoms with E-state index in [9.17, 15) is 67.1 Å². The molecule has 0 aliphatic heterocycles. The van der Waals surface area contributed by atoms with Gasteiger partial charge in [-0.2, -0.15) is 52.7 Å². The maximum Gasteiger partial charge on any atom is 0.416 e. The Hall–Kier alpha value is -5.73. The Labute approximate surface area is 378 Å². The van der Waals surface area contributed by atoms with Crippen LogP contribution in [0.3, 0.4) is 0 Å². The van der Waals surface area contributed by atoms with E-state index in [0.717, 1.165) is 33.1 Å². The van der Waals surface area contributed by atoms with Crippen LogP contribution in [0.5, 0.6) is 0 Å². The smallest absolute Gasteiger partial charge is 0.416 e. The van der Waals surface area contributed by atoms with Crippen LogP contribution in [0.25, 0.3) is 6.08 Å². The number of amides is 2. The van der Waals surface area contributed by atoms with Crippen molar-refractivity contribution in [3.63, 3.8) is 0 Å². The molecule has 0 bridgehead atoms. The SMILES string of the molecule is CCOC(=O)/C=C/c1ccc2c(c1)C(N(C)C(=O)OCc1cc(C(F)(F)F)cc(C(F)(F)F)c1)CC2.CN(C(=O)OCc1cc(C(F)(F)F)cc(C(F)(F)F)c1)C1CCc2ccc(Br)cc21. The predicted molar refractivity (Wildman–Crippen MR) is 217 cm³/mol. The molecule has 2 aliphatic carbocycles. The molecule has 0 N–H and O–H groups in total. The molecule has 0 aromatic heterocycles. The summed E-state index contributed by atoms with van der Waals surface area (Å²) < 4.78 is 172. The molecule has 6 rings (SSSR count). The van der Waals surface area contributed by atoms with Gasteiger partial charge in [0.1, 0.15) is 13.2 Å². The standard InChI is InChI=1S/C25H23F6NO4.C20H16BrF6NO2/c1-3-35-22(33)9-5-15-4-6-17-7-8-21(20(17)12-15)32(2)23(34)36-14-16-10-18(24(26,27)28)13-19(11-16)25(29,30)31;1-28(17-5-3-12-2-4-15(21)9-16(12)17)18(29)30-10-11-6-13(19(22,23)24)8-14(7-11)20(25,26)27/h4-6,9-13,21H,3,7-8,14H2,1-2H3;2,4,6-9,17H,3,5,10H2,1H3/b9-5+;. The van der Waals surface area contributed by atoms with E-state index in [-0.39, 0.29) is 24.8 Å². The summed E-state index contributed by atoms with van der Waals surface area (Å²) in [6, 6.07) is 12.6. The quantitative estimate of drug-likeness (QED) is 0.0719. The molecule has 0 saturated heterocycles. The van der Waals surface area contributed by atoms with Gasteiger partial charge in [-0.05, 0) is 132 Å². The number of ether oxygens (including phenoxy) is 3. The third-order valence-electron chi connectivity index (χ3n) is 10.6. The molecule has 2 unspecified atom stereocenters. The Balaban J connectivity index is 0.000000251. The third-order valence-corrected chi connectivity index (χ3v) is 11.1. The molecule has 2 atom stereocenters. The predicted octanol–water partition coefficient (Wildman–Crippen LogP) is 13.3. The lowest BCUT2D eigenvalue weighted by Crippen LogP contribution is -2.30. The lowest BCUT2D eigenvalue weighted by atomic mass is 10.0. The number of benzene rings is 4. The minimum Gasteiger partial charge on any atom is -0.463 e. The highest BCUT2D eigenvalue weighted by atomic mass is 79.9. The number of hydrogen-bond donors (Lipinski definition) is 0. The van der Waals surface area contributed by atoms with Crippen LogP contribution in [0.4, 0.5) is 62.3 Å². The third kappa shape index (κ3) is 13.2. The molecule has 21 heteroatoms. The van der Waals surface area contributed by atoms with Crippen LogP contribution in [0, 0.1) is 0 Å². The number of carbonyl (C=O) groups is 3. The van der Waals surface area contributed by atoms with E-state index in [1.54, 1.807) is 25.1 Å². The lowest BCUT2D eigenvalue weighted by molar-refractivity contribution is -0.144. The average Bonchev–Trinajstić information content (AvgIpc) is 3.86. The van der Waals surface area contributed by atoms with Gasteiger partial charge in [-0.3, -0.25) is 0 Å². The number of nitrogens with zero attached hydrogens (tertiary/aromatic N) is 2. The number of aryl methyl sites for hydroxylation is 2. The number of carbonyl (C=O) groups excluding carboxylic acids is 3. The maximum atomic E-state index is 13.1. The van der Waals surface area contributed by atoms with Crippen LogP contribution in [0.2, 0.25) is 0 Å². The van der Waals surface area contributed by atoms with E-state index in [2.05, 4.69) is 15.9 Å². The monoisotopic (exact) mass is 1010 g/mol. The van der Waals surface area contributed by atoms with E-state index in [1.807, 2.05) is 24.3 Å². The molecule has 0 heterocycles. The first-order valence-electron chi connectivity index (χ1n) is 19.8. The van der Waals surface area contributed by atoms with E-state index in [1.165, 1.54) is 30.0 Å². The molecule has 4 aromatic rings. The number of hydrogen-bond acceptors (Lipinski definition) is 6. The second kappa shape index (κ2) is 20.4. The Morgan fingerprint density at radius 3 is 1.38 bits per heavy atom. The lowest BCUT2D eigenvalue weighted by Gasteiger charge is -2.25. The first-order chi connectivity index (χ1) is 30.6. The van der Waals surface area contributed by atoms with Crippen molar-refractivity contribution in [2.45, 2.75) is 82.6 Å². The number of halogens is 13. The van der Waals surface area contributed by atoms with E-state index < -0.39 is 95.5 Å². The van der Waals surface area contributed by atoms with Gasteiger partial charge in [-0.25, -0.2) is 14.4 Å². The van der Waals surface area contributed by atoms with Crippen molar-refractivity contribution in [3.05, 3.63) is 145 Å². The summed E-state index contributed by atoms with van der Waals surface area (Å²) in [5.41, 5.74) is -2.24. The summed E-state index contributed by atoms with van der Waals surface area (Å²) in [4.78, 5) is 39.1. The fourth-order valence-corrected chi connectivity index (χ4v) is 7.75. The molecule has 2 aliphatic rings. The van der Waals surface area contributed by atoms with Crippen molar-refractivity contribution in [3.8, 4) is 0 Å². The second-order valence-corrected chi connectivity index (χ2v) is 16.1. The number of rotatable bonds is 9. The molecular weight excluding hydrogens is 972 g/mol.